The van der Waals surface area contributed by atoms with Gasteiger partial charge in [0.2, 0.25) is 0 Å². The van der Waals surface area contributed by atoms with Crippen LogP contribution in [0.15, 0.2) is 0 Å². The molecule has 5 heteroatoms. The van der Waals surface area contributed by atoms with Crippen molar-refractivity contribution in [1.82, 2.24) is 0 Å². The first-order valence-electron chi connectivity index (χ1n) is 3.82. The molecule has 0 aromatic carbocycles. The Bertz CT molecular complexity index is 163. The van der Waals surface area contributed by atoms with E-state index in [1.54, 1.807) is 0 Å². The Kier molecular flexibility index (Phi) is 4.81. The summed E-state index contributed by atoms with van der Waals surface area (Å²) in [4.78, 5) is 10.9. The van der Waals surface area contributed by atoms with E-state index >= 15 is 0 Å². The molecule has 3 nitrogen and oxygen atoms in total. The minimum atomic E-state index is -1.48. The summed E-state index contributed by atoms with van der Waals surface area (Å²) in [6.07, 6.45) is 0. The Balaban J connectivity index is 3.99. The summed E-state index contributed by atoms with van der Waals surface area (Å²) in [6, 6.07) is 0.179. The highest BCUT2D eigenvalue weighted by Gasteiger charge is 2.26. The molecule has 1 atom stereocenters. The molecule has 0 heterocycles. The number of ether oxygens (including phenoxy) is 1. The first-order chi connectivity index (χ1) is 5.43. The molecule has 0 fully saturated rings. The van der Waals surface area contributed by atoms with Crippen molar-refractivity contribution in [2.75, 3.05) is 12.6 Å². The molecule has 0 saturated heterocycles. The van der Waals surface area contributed by atoms with Gasteiger partial charge < -0.3 is 10.5 Å². The van der Waals surface area contributed by atoms with Crippen LogP contribution in [0.4, 0.5) is 0 Å². The van der Waals surface area contributed by atoms with Gasteiger partial charge in [0.1, 0.15) is 6.04 Å². The third-order valence-corrected chi connectivity index (χ3v) is 6.08. The van der Waals surface area contributed by atoms with E-state index in [-0.39, 0.29) is 5.97 Å². The van der Waals surface area contributed by atoms with Crippen molar-refractivity contribution >= 4 is 25.6 Å². The van der Waals surface area contributed by atoms with Gasteiger partial charge in [-0.3, -0.25) is 4.79 Å². The molecule has 72 valence electrons. The number of halogens is 1. The van der Waals surface area contributed by atoms with Crippen LogP contribution in [0.3, 0.4) is 0 Å². The quantitative estimate of drug-likeness (QED) is 0.427. The highest BCUT2D eigenvalue weighted by atomic mass is 35.5. The second-order valence-corrected chi connectivity index (χ2v) is 9.44. The summed E-state index contributed by atoms with van der Waals surface area (Å²) in [5, 5.41) is 0. The molecule has 0 bridgehead atoms. The van der Waals surface area contributed by atoms with Crippen molar-refractivity contribution in [3.63, 3.8) is 0 Å². The predicted molar refractivity (Wildman–Crippen MR) is 53.0 cm³/mol. The van der Waals surface area contributed by atoms with Crippen molar-refractivity contribution in [3.05, 3.63) is 0 Å². The monoisotopic (exact) mass is 209 g/mol. The lowest BCUT2D eigenvalue weighted by Crippen LogP contribution is -2.41. The molecule has 2 N–H and O–H groups in total. The first-order valence-corrected chi connectivity index (χ1v) is 7.77. The molecule has 1 unspecified atom stereocenters. The maximum Gasteiger partial charge on any atom is 0.322 e. The summed E-state index contributed by atoms with van der Waals surface area (Å²) >= 11 is 5.74. The molecule has 0 aromatic heterocycles. The average Bonchev–Trinajstić information content (AvgIpc) is 2.02. The van der Waals surface area contributed by atoms with Crippen molar-refractivity contribution in [1.29, 1.82) is 0 Å². The third-order valence-electron chi connectivity index (χ3n) is 1.64. The molecule has 0 rings (SSSR count). The first kappa shape index (κ1) is 11.9. The Morgan fingerprint density at radius 1 is 1.67 bits per heavy atom. The fourth-order valence-electron chi connectivity index (χ4n) is 0.885. The molecule has 0 aliphatic heterocycles. The van der Waals surface area contributed by atoms with Gasteiger partial charge in [-0.1, -0.05) is 13.1 Å². The lowest BCUT2D eigenvalue weighted by molar-refractivity contribution is -0.141. The summed E-state index contributed by atoms with van der Waals surface area (Å²) in [6.45, 7) is 4.20. The van der Waals surface area contributed by atoms with Crippen LogP contribution in [0.25, 0.3) is 0 Å². The normalized spacial score (nSPS) is 14.1. The van der Waals surface area contributed by atoms with Crippen LogP contribution in [-0.2, 0) is 9.53 Å². The lowest BCUT2D eigenvalue weighted by Gasteiger charge is -2.21. The maximum absolute atomic E-state index is 10.9. The number of rotatable bonds is 4. The van der Waals surface area contributed by atoms with Gasteiger partial charge in [0, 0.05) is 5.50 Å². The Morgan fingerprint density at radius 2 is 2.17 bits per heavy atom. The smallest absolute Gasteiger partial charge is 0.322 e. The summed E-state index contributed by atoms with van der Waals surface area (Å²) in [7, 11) is -0.135. The molecule has 0 aliphatic rings. The molecular formula is C7H16ClNO2Si. The number of carbonyl (C=O) groups is 1. The van der Waals surface area contributed by atoms with E-state index in [2.05, 4.69) is 17.8 Å². The fraction of sp³-hybridized carbons (Fsp3) is 0.857. The number of hydrogen-bond donors (Lipinski definition) is 1. The summed E-state index contributed by atoms with van der Waals surface area (Å²) in [5.41, 5.74) is 6.21. The van der Waals surface area contributed by atoms with Crippen LogP contribution in [0, 0.1) is 0 Å². The SMILES string of the molecule is COC(=O)C(N)C[Si](C)(C)CCl. The molecule has 0 aliphatic carbocycles. The van der Waals surface area contributed by atoms with Gasteiger partial charge >= 0.3 is 5.97 Å². The summed E-state index contributed by atoms with van der Waals surface area (Å²) < 4.78 is 4.52. The molecular weight excluding hydrogens is 194 g/mol. The van der Waals surface area contributed by atoms with Crippen LogP contribution in [0.5, 0.6) is 0 Å². The zero-order chi connectivity index (χ0) is 9.78. The lowest BCUT2D eigenvalue weighted by atomic mass is 10.4. The fourth-order valence-corrected chi connectivity index (χ4v) is 2.68. The number of esters is 1. The number of carbonyl (C=O) groups excluding carboxylic acids is 1. The van der Waals surface area contributed by atoms with E-state index in [1.807, 2.05) is 0 Å². The van der Waals surface area contributed by atoms with Crippen LogP contribution in [0.1, 0.15) is 0 Å². The minimum absolute atomic E-state index is 0.347. The van der Waals surface area contributed by atoms with Gasteiger partial charge in [0.25, 0.3) is 0 Å². The van der Waals surface area contributed by atoms with E-state index in [0.29, 0.717) is 11.5 Å². The molecule has 0 saturated carbocycles. The van der Waals surface area contributed by atoms with E-state index < -0.39 is 14.1 Å². The second-order valence-electron chi connectivity index (χ2n) is 3.63. The Morgan fingerprint density at radius 3 is 2.50 bits per heavy atom. The average molecular weight is 210 g/mol. The van der Waals surface area contributed by atoms with Gasteiger partial charge in [-0.2, -0.15) is 0 Å². The third kappa shape index (κ3) is 4.09. The number of alkyl halides is 1. The van der Waals surface area contributed by atoms with Crippen molar-refractivity contribution < 1.29 is 9.53 Å². The Labute approximate surface area is 79.2 Å². The highest BCUT2D eigenvalue weighted by molar-refractivity contribution is 6.83. The van der Waals surface area contributed by atoms with Gasteiger partial charge in [-0.15, -0.1) is 11.6 Å². The van der Waals surface area contributed by atoms with Crippen LogP contribution in [-0.4, -0.2) is 32.7 Å². The van der Waals surface area contributed by atoms with E-state index in [1.165, 1.54) is 7.11 Å². The molecule has 12 heavy (non-hydrogen) atoms. The maximum atomic E-state index is 10.9. The Hall–Kier alpha value is -0.0631. The standard InChI is InChI=1S/C7H16ClNO2Si/c1-11-7(10)6(9)4-12(2,3)5-8/h6H,4-5,9H2,1-3H3. The van der Waals surface area contributed by atoms with Crippen LogP contribution < -0.4 is 5.73 Å². The molecule has 0 radical (unpaired) electrons. The predicted octanol–water partition coefficient (Wildman–Crippen LogP) is 0.973. The van der Waals surface area contributed by atoms with Crippen molar-refractivity contribution in [2.24, 2.45) is 5.73 Å². The van der Waals surface area contributed by atoms with Crippen LogP contribution in [0.2, 0.25) is 19.1 Å². The summed E-state index contributed by atoms with van der Waals surface area (Å²) in [5.74, 6) is -0.347. The number of hydrogen-bond acceptors (Lipinski definition) is 3. The number of nitrogens with two attached hydrogens (primary N) is 1. The minimum Gasteiger partial charge on any atom is -0.468 e. The zero-order valence-corrected chi connectivity index (χ0v) is 9.52. The van der Waals surface area contributed by atoms with Crippen molar-refractivity contribution in [3.8, 4) is 0 Å². The van der Waals surface area contributed by atoms with Gasteiger partial charge in [-0.05, 0) is 6.04 Å². The molecule has 0 aromatic rings. The van der Waals surface area contributed by atoms with E-state index in [9.17, 15) is 4.79 Å². The van der Waals surface area contributed by atoms with E-state index in [0.717, 1.165) is 0 Å². The zero-order valence-electron chi connectivity index (χ0n) is 7.76. The van der Waals surface area contributed by atoms with Crippen molar-refractivity contribution in [2.45, 2.75) is 25.2 Å². The van der Waals surface area contributed by atoms with Gasteiger partial charge in [-0.25, -0.2) is 0 Å². The second kappa shape index (κ2) is 4.84. The largest absolute Gasteiger partial charge is 0.468 e. The van der Waals surface area contributed by atoms with E-state index in [4.69, 9.17) is 17.3 Å². The van der Waals surface area contributed by atoms with Gasteiger partial charge in [0.05, 0.1) is 15.2 Å². The molecule has 0 spiro atoms. The molecule has 0 amide bonds. The highest BCUT2D eigenvalue weighted by Crippen LogP contribution is 2.13. The van der Waals surface area contributed by atoms with Gasteiger partial charge in [0.15, 0.2) is 0 Å². The number of methoxy groups -OCH3 is 1. The topological polar surface area (TPSA) is 52.3 Å². The van der Waals surface area contributed by atoms with Crippen LogP contribution >= 0.6 is 11.6 Å².